The van der Waals surface area contributed by atoms with Crippen molar-refractivity contribution < 1.29 is 0 Å². The molecule has 3 saturated carbocycles. The third-order valence-corrected chi connectivity index (χ3v) is 5.22. The van der Waals surface area contributed by atoms with Crippen molar-refractivity contribution in [3.05, 3.63) is 0 Å². The zero-order valence-electron chi connectivity index (χ0n) is 9.97. The molecule has 4 atom stereocenters. The van der Waals surface area contributed by atoms with Crippen molar-refractivity contribution in [2.75, 3.05) is 0 Å². The summed E-state index contributed by atoms with van der Waals surface area (Å²) in [6.45, 7) is 0. The Labute approximate surface area is 97.8 Å². The van der Waals surface area contributed by atoms with E-state index < -0.39 is 0 Å². The van der Waals surface area contributed by atoms with Gasteiger partial charge >= 0.3 is 0 Å². The largest absolute Gasteiger partial charge is 0.303 e. The van der Waals surface area contributed by atoms with Crippen LogP contribution in [0.25, 0.3) is 0 Å². The van der Waals surface area contributed by atoms with Crippen LogP contribution in [0.4, 0.5) is 0 Å². The molecule has 3 aliphatic rings. The summed E-state index contributed by atoms with van der Waals surface area (Å²) in [6.07, 6.45) is 10.4. The van der Waals surface area contributed by atoms with Crippen LogP contribution in [-0.2, 0) is 0 Å². The molecule has 3 rings (SSSR count). The summed E-state index contributed by atoms with van der Waals surface area (Å²) in [5.41, 5.74) is 1.43. The van der Waals surface area contributed by atoms with Gasteiger partial charge in [0.25, 0.3) is 0 Å². The molecule has 0 aromatic heterocycles. The predicted octanol–water partition coefficient (Wildman–Crippen LogP) is 3.65. The number of hydrogen-bond acceptors (Lipinski definition) is 2. The van der Waals surface area contributed by atoms with Gasteiger partial charge in [-0.2, -0.15) is 0 Å². The molecule has 2 heteroatoms. The lowest BCUT2D eigenvalue weighted by atomic mass is 9.56. The van der Waals surface area contributed by atoms with Gasteiger partial charge in [0.2, 0.25) is 0 Å². The molecule has 0 bridgehead atoms. The molecule has 0 heterocycles. The number of hydrogen-bond donors (Lipinski definition) is 2. The Morgan fingerprint density at radius 2 is 1.00 bits per heavy atom. The summed E-state index contributed by atoms with van der Waals surface area (Å²) in [5, 5.41) is 16.4. The standard InChI is InChI=1S/C14H22N2/c15-13-11-7-3-1-5-9(11)10-6-2-4-8-12(10)14(13)16/h9-12,15-16H,1-8H2. The molecular weight excluding hydrogens is 196 g/mol. The molecule has 3 aliphatic carbocycles. The maximum atomic E-state index is 8.22. The highest BCUT2D eigenvalue weighted by atomic mass is 14.6. The van der Waals surface area contributed by atoms with Gasteiger partial charge in [-0.3, -0.25) is 0 Å². The molecule has 0 aromatic rings. The van der Waals surface area contributed by atoms with Gasteiger partial charge < -0.3 is 10.8 Å². The molecule has 88 valence electrons. The van der Waals surface area contributed by atoms with Crippen LogP contribution in [0.5, 0.6) is 0 Å². The Balaban J connectivity index is 1.90. The van der Waals surface area contributed by atoms with Gasteiger partial charge in [0.05, 0.1) is 11.4 Å². The Bertz CT molecular complexity index is 289. The second-order valence-corrected chi connectivity index (χ2v) is 5.94. The van der Waals surface area contributed by atoms with E-state index in [1.165, 1.54) is 51.4 Å². The number of nitrogens with one attached hydrogen (secondary N) is 2. The third kappa shape index (κ3) is 1.46. The van der Waals surface area contributed by atoms with Gasteiger partial charge in [-0.05, 0) is 37.5 Å². The van der Waals surface area contributed by atoms with Crippen LogP contribution in [0.3, 0.4) is 0 Å². The normalized spacial score (nSPS) is 43.8. The van der Waals surface area contributed by atoms with Gasteiger partial charge in [-0.1, -0.05) is 25.7 Å². The van der Waals surface area contributed by atoms with Crippen molar-refractivity contribution in [1.29, 1.82) is 10.8 Å². The van der Waals surface area contributed by atoms with E-state index in [0.29, 0.717) is 23.3 Å². The fraction of sp³-hybridized carbons (Fsp3) is 0.857. The van der Waals surface area contributed by atoms with Crippen LogP contribution in [-0.4, -0.2) is 11.4 Å². The van der Waals surface area contributed by atoms with Crippen molar-refractivity contribution in [2.45, 2.75) is 51.4 Å². The zero-order chi connectivity index (χ0) is 11.1. The highest BCUT2D eigenvalue weighted by Gasteiger charge is 2.46. The van der Waals surface area contributed by atoms with Crippen LogP contribution >= 0.6 is 0 Å². The summed E-state index contributed by atoms with van der Waals surface area (Å²) in [4.78, 5) is 0. The van der Waals surface area contributed by atoms with E-state index in [1.807, 2.05) is 0 Å². The fourth-order valence-corrected chi connectivity index (χ4v) is 4.46. The second-order valence-electron chi connectivity index (χ2n) is 5.94. The molecule has 3 fully saturated rings. The van der Waals surface area contributed by atoms with Gasteiger partial charge in [0.1, 0.15) is 0 Å². The lowest BCUT2D eigenvalue weighted by Crippen LogP contribution is -2.49. The Morgan fingerprint density at radius 1 is 0.625 bits per heavy atom. The molecular formula is C14H22N2. The van der Waals surface area contributed by atoms with Crippen LogP contribution in [0, 0.1) is 34.5 Å². The molecule has 2 nitrogen and oxygen atoms in total. The molecule has 2 N–H and O–H groups in total. The zero-order valence-corrected chi connectivity index (χ0v) is 9.97. The third-order valence-electron chi connectivity index (χ3n) is 5.22. The van der Waals surface area contributed by atoms with Crippen LogP contribution in [0.1, 0.15) is 51.4 Å². The SMILES string of the molecule is N=C1C(=N)C2CCCCC2C2CCCCC12. The summed E-state index contributed by atoms with van der Waals surface area (Å²) in [7, 11) is 0. The Morgan fingerprint density at radius 3 is 1.44 bits per heavy atom. The van der Waals surface area contributed by atoms with E-state index in [0.717, 1.165) is 11.8 Å². The Kier molecular flexibility index (Phi) is 2.61. The average molecular weight is 218 g/mol. The number of fused-ring (bicyclic) bond motifs is 3. The molecule has 0 radical (unpaired) electrons. The maximum Gasteiger partial charge on any atom is 0.0558 e. The second kappa shape index (κ2) is 3.97. The van der Waals surface area contributed by atoms with Crippen molar-refractivity contribution in [2.24, 2.45) is 23.7 Å². The van der Waals surface area contributed by atoms with Gasteiger partial charge in [-0.15, -0.1) is 0 Å². The van der Waals surface area contributed by atoms with Crippen molar-refractivity contribution >= 4 is 11.4 Å². The first-order chi connectivity index (χ1) is 7.79. The summed E-state index contributed by atoms with van der Waals surface area (Å²) < 4.78 is 0. The highest BCUT2D eigenvalue weighted by Crippen LogP contribution is 2.48. The van der Waals surface area contributed by atoms with Gasteiger partial charge in [0, 0.05) is 11.8 Å². The van der Waals surface area contributed by atoms with Crippen LogP contribution in [0.2, 0.25) is 0 Å². The average Bonchev–Trinajstić information content (AvgIpc) is 2.36. The highest BCUT2D eigenvalue weighted by molar-refractivity contribution is 6.42. The first-order valence-electron chi connectivity index (χ1n) is 6.96. The van der Waals surface area contributed by atoms with E-state index in [2.05, 4.69) is 0 Å². The molecule has 0 aromatic carbocycles. The first kappa shape index (κ1) is 10.5. The molecule has 4 unspecified atom stereocenters. The molecule has 16 heavy (non-hydrogen) atoms. The Hall–Kier alpha value is -0.660. The fourth-order valence-electron chi connectivity index (χ4n) is 4.46. The topological polar surface area (TPSA) is 47.7 Å². The van der Waals surface area contributed by atoms with Crippen molar-refractivity contribution in [3.8, 4) is 0 Å². The summed E-state index contributed by atoms with van der Waals surface area (Å²) in [6, 6.07) is 0. The van der Waals surface area contributed by atoms with E-state index in [-0.39, 0.29) is 0 Å². The molecule has 0 spiro atoms. The van der Waals surface area contributed by atoms with E-state index >= 15 is 0 Å². The first-order valence-corrected chi connectivity index (χ1v) is 6.96. The summed E-state index contributed by atoms with van der Waals surface area (Å²) >= 11 is 0. The minimum absolute atomic E-state index is 0.459. The number of rotatable bonds is 0. The molecule has 0 saturated heterocycles. The lowest BCUT2D eigenvalue weighted by molar-refractivity contribution is 0.129. The molecule has 0 aliphatic heterocycles. The van der Waals surface area contributed by atoms with Gasteiger partial charge in [0.15, 0.2) is 0 Å². The minimum Gasteiger partial charge on any atom is -0.303 e. The smallest absolute Gasteiger partial charge is 0.0558 e. The van der Waals surface area contributed by atoms with E-state index in [1.54, 1.807) is 0 Å². The van der Waals surface area contributed by atoms with Gasteiger partial charge in [-0.25, -0.2) is 0 Å². The monoisotopic (exact) mass is 218 g/mol. The van der Waals surface area contributed by atoms with Crippen molar-refractivity contribution in [1.82, 2.24) is 0 Å². The predicted molar refractivity (Wildman–Crippen MR) is 66.3 cm³/mol. The van der Waals surface area contributed by atoms with Crippen LogP contribution in [0.15, 0.2) is 0 Å². The van der Waals surface area contributed by atoms with Crippen molar-refractivity contribution in [3.63, 3.8) is 0 Å². The maximum absolute atomic E-state index is 8.22. The lowest BCUT2D eigenvalue weighted by Gasteiger charge is -2.48. The quantitative estimate of drug-likeness (QED) is 0.623. The molecule has 0 amide bonds. The summed E-state index contributed by atoms with van der Waals surface area (Å²) in [5.74, 6) is 2.45. The van der Waals surface area contributed by atoms with E-state index in [4.69, 9.17) is 10.8 Å². The minimum atomic E-state index is 0.459. The van der Waals surface area contributed by atoms with E-state index in [9.17, 15) is 0 Å². The van der Waals surface area contributed by atoms with Crippen LogP contribution < -0.4 is 0 Å².